The van der Waals surface area contributed by atoms with E-state index >= 15 is 0 Å². The Morgan fingerprint density at radius 3 is 2.07 bits per heavy atom. The molecule has 9 nitrogen and oxygen atoms in total. The lowest BCUT2D eigenvalue weighted by Crippen LogP contribution is -2.35. The Morgan fingerprint density at radius 2 is 1.53 bits per heavy atom. The van der Waals surface area contributed by atoms with Crippen LogP contribution in [0.3, 0.4) is 0 Å². The number of ketones is 2. The fourth-order valence-corrected chi connectivity index (χ4v) is 5.38. The lowest BCUT2D eigenvalue weighted by molar-refractivity contribution is -0.153. The van der Waals surface area contributed by atoms with Crippen molar-refractivity contribution in [2.45, 2.75) is 119 Å². The summed E-state index contributed by atoms with van der Waals surface area (Å²) in [6.45, 7) is 17.9. The molecule has 0 saturated carbocycles. The number of allylic oxidation sites excluding steroid dienone is 3. The smallest absolute Gasteiger partial charge is 0.342 e. The van der Waals surface area contributed by atoms with Gasteiger partial charge in [-0.25, -0.2) is 9.59 Å². The number of rotatable bonds is 20. The van der Waals surface area contributed by atoms with Crippen molar-refractivity contribution in [3.8, 4) is 0 Å². The second-order valence-corrected chi connectivity index (χ2v) is 12.4. The minimum Gasteiger partial charge on any atom is -0.462 e. The second kappa shape index (κ2) is 18.0. The van der Waals surface area contributed by atoms with Gasteiger partial charge in [-0.1, -0.05) is 54.2 Å². The normalized spacial score (nSPS) is 19.5. The number of ether oxygens (including phenoxy) is 2. The Morgan fingerprint density at radius 1 is 0.907 bits per heavy atom. The van der Waals surface area contributed by atoms with Crippen molar-refractivity contribution in [3.63, 3.8) is 0 Å². The number of Topliss-reactive ketones (excluding diaryl/α,β-unsaturated/α-hetero) is 1. The number of hydrogen-bond donors (Lipinski definition) is 2. The molecule has 43 heavy (non-hydrogen) atoms. The van der Waals surface area contributed by atoms with E-state index in [2.05, 4.69) is 18.2 Å². The van der Waals surface area contributed by atoms with E-state index in [1.165, 1.54) is 6.92 Å². The first-order valence-electron chi connectivity index (χ1n) is 15.4. The van der Waals surface area contributed by atoms with Crippen LogP contribution in [-0.4, -0.2) is 58.0 Å². The van der Waals surface area contributed by atoms with Crippen LogP contribution in [0, 0.1) is 29.6 Å². The third kappa shape index (κ3) is 12.3. The van der Waals surface area contributed by atoms with Crippen LogP contribution in [-0.2, 0) is 33.4 Å². The quantitative estimate of drug-likeness (QED) is 0.0827. The van der Waals surface area contributed by atoms with Crippen LogP contribution >= 0.6 is 0 Å². The second-order valence-electron chi connectivity index (χ2n) is 12.4. The molecule has 0 saturated heterocycles. The highest BCUT2D eigenvalue weighted by molar-refractivity contribution is 6.12. The highest BCUT2D eigenvalue weighted by atomic mass is 16.6. The molecular weight excluding hydrogens is 552 g/mol. The van der Waals surface area contributed by atoms with E-state index in [1.54, 1.807) is 39.8 Å². The van der Waals surface area contributed by atoms with E-state index in [0.717, 1.165) is 18.4 Å². The standard InChI is InChI=1S/C34H52O9/c1-10-26(11-2)17-27(35)15-20(4)14-19(3)12-13-28(36)23(7)30(38)18-29(37)22(6)25(9)42-31(39)16-21(5)32-24(8)33(40)43-34(32)41/h10,17,19-23,25,28-29,36-37H,1,11-16,18H2,2-9H3/b26-17-/t19-,20+,21+,22+,23-,25+,28-,29+/m0/s1. The largest absolute Gasteiger partial charge is 0.462 e. The van der Waals surface area contributed by atoms with Gasteiger partial charge in [-0.05, 0) is 68.9 Å². The molecule has 0 aliphatic carbocycles. The molecule has 0 fully saturated rings. The van der Waals surface area contributed by atoms with Crippen molar-refractivity contribution in [2.24, 2.45) is 29.6 Å². The lowest BCUT2D eigenvalue weighted by Gasteiger charge is -2.27. The van der Waals surface area contributed by atoms with Crippen LogP contribution in [0.4, 0.5) is 0 Å². The van der Waals surface area contributed by atoms with E-state index in [4.69, 9.17) is 4.74 Å². The summed E-state index contributed by atoms with van der Waals surface area (Å²) in [5, 5.41) is 21.4. The van der Waals surface area contributed by atoms with E-state index < -0.39 is 54.0 Å². The van der Waals surface area contributed by atoms with Crippen molar-refractivity contribution < 1.29 is 43.7 Å². The molecule has 1 heterocycles. The number of carbonyl (C=O) groups excluding carboxylic acids is 5. The van der Waals surface area contributed by atoms with Gasteiger partial charge >= 0.3 is 17.9 Å². The average Bonchev–Trinajstić information content (AvgIpc) is 3.19. The molecule has 0 amide bonds. The predicted octanol–water partition coefficient (Wildman–Crippen LogP) is 5.22. The van der Waals surface area contributed by atoms with Crippen molar-refractivity contribution in [3.05, 3.63) is 35.5 Å². The summed E-state index contributed by atoms with van der Waals surface area (Å²) in [4.78, 5) is 61.1. The number of aliphatic hydroxyl groups is 2. The summed E-state index contributed by atoms with van der Waals surface area (Å²) in [6, 6.07) is 0. The van der Waals surface area contributed by atoms with Crippen LogP contribution in [0.2, 0.25) is 0 Å². The zero-order chi connectivity index (χ0) is 33.0. The van der Waals surface area contributed by atoms with Crippen LogP contribution in [0.1, 0.15) is 100 Å². The van der Waals surface area contributed by atoms with Gasteiger partial charge in [-0.3, -0.25) is 14.4 Å². The van der Waals surface area contributed by atoms with E-state index in [1.807, 2.05) is 13.8 Å². The number of carbonyl (C=O) groups is 5. The topological polar surface area (TPSA) is 144 Å². The van der Waals surface area contributed by atoms with Gasteiger partial charge in [0.05, 0.1) is 24.2 Å². The molecule has 242 valence electrons. The van der Waals surface area contributed by atoms with Crippen molar-refractivity contribution >= 4 is 29.5 Å². The maximum absolute atomic E-state index is 12.9. The average molecular weight is 605 g/mol. The zero-order valence-corrected chi connectivity index (χ0v) is 27.2. The molecule has 0 radical (unpaired) electrons. The molecule has 1 aliphatic rings. The van der Waals surface area contributed by atoms with Gasteiger partial charge in [0, 0.05) is 30.3 Å². The maximum Gasteiger partial charge on any atom is 0.342 e. The van der Waals surface area contributed by atoms with Gasteiger partial charge in [0.2, 0.25) is 0 Å². The molecule has 0 unspecified atom stereocenters. The molecule has 1 rings (SSSR count). The van der Waals surface area contributed by atoms with Crippen LogP contribution in [0.15, 0.2) is 35.5 Å². The highest BCUT2D eigenvalue weighted by Crippen LogP contribution is 2.28. The van der Waals surface area contributed by atoms with Gasteiger partial charge in [0.15, 0.2) is 5.78 Å². The first-order valence-corrected chi connectivity index (χ1v) is 15.4. The Kier molecular flexibility index (Phi) is 16.0. The summed E-state index contributed by atoms with van der Waals surface area (Å²) in [5.74, 6) is -3.63. The number of cyclic esters (lactones) is 2. The monoisotopic (exact) mass is 604 g/mol. The van der Waals surface area contributed by atoms with Crippen molar-refractivity contribution in [1.82, 2.24) is 0 Å². The molecule has 1 aliphatic heterocycles. The molecule has 0 aromatic rings. The number of esters is 3. The fraction of sp³-hybridized carbons (Fsp3) is 0.676. The first-order chi connectivity index (χ1) is 20.0. The van der Waals surface area contributed by atoms with Crippen LogP contribution in [0.25, 0.3) is 0 Å². The third-order valence-electron chi connectivity index (χ3n) is 8.57. The summed E-state index contributed by atoms with van der Waals surface area (Å²) in [6.07, 6.45) is 3.53. The first kappa shape index (κ1) is 38.1. The Balaban J connectivity index is 2.51. The molecule has 2 N–H and O–H groups in total. The summed E-state index contributed by atoms with van der Waals surface area (Å²) in [5.41, 5.74) is 1.26. The minimum absolute atomic E-state index is 0.0863. The van der Waals surface area contributed by atoms with Crippen LogP contribution in [0.5, 0.6) is 0 Å². The van der Waals surface area contributed by atoms with Crippen molar-refractivity contribution in [1.29, 1.82) is 0 Å². The molecular formula is C34H52O9. The molecule has 0 bridgehead atoms. The van der Waals surface area contributed by atoms with E-state index in [9.17, 15) is 34.2 Å². The number of aliphatic hydroxyl groups excluding tert-OH is 2. The fourth-order valence-electron chi connectivity index (χ4n) is 5.38. The lowest BCUT2D eigenvalue weighted by atomic mass is 9.85. The number of hydrogen-bond acceptors (Lipinski definition) is 9. The molecule has 0 aromatic carbocycles. The Hall–Kier alpha value is -2.91. The predicted molar refractivity (Wildman–Crippen MR) is 163 cm³/mol. The molecule has 9 heteroatoms. The molecule has 8 atom stereocenters. The van der Waals surface area contributed by atoms with Gasteiger partial charge in [0.25, 0.3) is 0 Å². The Labute approximate surface area is 256 Å². The van der Waals surface area contributed by atoms with Crippen molar-refractivity contribution in [2.75, 3.05) is 0 Å². The molecule has 0 aromatic heterocycles. The highest BCUT2D eigenvalue weighted by Gasteiger charge is 2.35. The summed E-state index contributed by atoms with van der Waals surface area (Å²) < 4.78 is 10.0. The molecule has 0 spiro atoms. The maximum atomic E-state index is 12.9. The minimum atomic E-state index is -1.09. The van der Waals surface area contributed by atoms with E-state index in [-0.39, 0.29) is 47.4 Å². The summed E-state index contributed by atoms with van der Waals surface area (Å²) in [7, 11) is 0. The SMILES string of the molecule is C=C/C(=C/C(=O)C[C@H](C)C[C@@H](C)CC[C@H](O)[C@H](C)C(=O)C[C@@H](O)[C@H](C)[C@@H](C)OC(=O)C[C@@H](C)C1=C(C)C(=O)OC1=O)CC. The van der Waals surface area contributed by atoms with Gasteiger partial charge in [-0.2, -0.15) is 0 Å². The van der Waals surface area contributed by atoms with Gasteiger partial charge in [-0.15, -0.1) is 0 Å². The van der Waals surface area contributed by atoms with E-state index in [0.29, 0.717) is 19.3 Å². The van der Waals surface area contributed by atoms with Crippen LogP contribution < -0.4 is 0 Å². The Bertz CT molecular complexity index is 1090. The third-order valence-corrected chi connectivity index (χ3v) is 8.57. The van der Waals surface area contributed by atoms with Gasteiger partial charge in [0.1, 0.15) is 11.9 Å². The van der Waals surface area contributed by atoms with Gasteiger partial charge < -0.3 is 19.7 Å². The summed E-state index contributed by atoms with van der Waals surface area (Å²) >= 11 is 0. The zero-order valence-electron chi connectivity index (χ0n) is 27.2.